The molecule has 1 fully saturated rings. The molecule has 1 aliphatic rings. The van der Waals surface area contributed by atoms with Gasteiger partial charge in [-0.2, -0.15) is 0 Å². The maximum atomic E-state index is 4.86. The van der Waals surface area contributed by atoms with Crippen molar-refractivity contribution in [2.75, 3.05) is 26.2 Å². The first kappa shape index (κ1) is 12.6. The van der Waals surface area contributed by atoms with Crippen LogP contribution in [0, 0.1) is 0 Å². The van der Waals surface area contributed by atoms with Crippen LogP contribution in [0.5, 0.6) is 0 Å². The molecule has 2 aromatic rings. The molecular formula is C16H21N3. The van der Waals surface area contributed by atoms with Crippen LogP contribution in [0.15, 0.2) is 36.4 Å². The third-order valence-electron chi connectivity index (χ3n) is 3.94. The van der Waals surface area contributed by atoms with Crippen LogP contribution in [0.4, 0.5) is 0 Å². The fourth-order valence-electron chi connectivity index (χ4n) is 2.92. The average molecular weight is 255 g/mol. The molecule has 0 bridgehead atoms. The lowest BCUT2D eigenvalue weighted by Crippen LogP contribution is -2.45. The van der Waals surface area contributed by atoms with Gasteiger partial charge < -0.3 is 5.32 Å². The van der Waals surface area contributed by atoms with Gasteiger partial charge in [0.05, 0.1) is 17.3 Å². The van der Waals surface area contributed by atoms with Gasteiger partial charge >= 0.3 is 0 Å². The number of benzene rings is 1. The third-order valence-corrected chi connectivity index (χ3v) is 3.94. The molecule has 3 nitrogen and oxygen atoms in total. The van der Waals surface area contributed by atoms with Gasteiger partial charge in [-0.3, -0.25) is 9.88 Å². The topological polar surface area (TPSA) is 28.2 Å². The highest BCUT2D eigenvalue weighted by molar-refractivity contribution is 5.78. The molecule has 2 heterocycles. The van der Waals surface area contributed by atoms with E-state index >= 15 is 0 Å². The van der Waals surface area contributed by atoms with E-state index in [1.54, 1.807) is 0 Å². The summed E-state index contributed by atoms with van der Waals surface area (Å²) in [6.07, 6.45) is 1.12. The summed E-state index contributed by atoms with van der Waals surface area (Å²) in [5.74, 6) is 0. The van der Waals surface area contributed by atoms with E-state index in [2.05, 4.69) is 53.5 Å². The van der Waals surface area contributed by atoms with Crippen LogP contribution >= 0.6 is 0 Å². The number of fused-ring (bicyclic) bond motifs is 1. The number of nitrogens with zero attached hydrogens (tertiary/aromatic N) is 2. The molecule has 3 heteroatoms. The first-order valence-electron chi connectivity index (χ1n) is 7.19. The number of para-hydroxylation sites is 1. The number of nitrogens with one attached hydrogen (secondary N) is 1. The van der Waals surface area contributed by atoms with Gasteiger partial charge in [-0.1, -0.05) is 31.2 Å². The smallest absolute Gasteiger partial charge is 0.0706 e. The number of hydrogen-bond donors (Lipinski definition) is 1. The quantitative estimate of drug-likeness (QED) is 0.913. The van der Waals surface area contributed by atoms with Crippen molar-refractivity contribution >= 4 is 10.9 Å². The van der Waals surface area contributed by atoms with Crippen LogP contribution in [0.1, 0.15) is 25.1 Å². The Morgan fingerprint density at radius 3 is 2.74 bits per heavy atom. The highest BCUT2D eigenvalue weighted by Gasteiger charge is 2.21. The van der Waals surface area contributed by atoms with E-state index in [0.29, 0.717) is 6.04 Å². The van der Waals surface area contributed by atoms with E-state index in [-0.39, 0.29) is 0 Å². The molecule has 1 aromatic heterocycles. The monoisotopic (exact) mass is 255 g/mol. The molecule has 1 saturated heterocycles. The van der Waals surface area contributed by atoms with E-state index in [1.807, 2.05) is 0 Å². The molecule has 0 spiro atoms. The number of hydrogen-bond acceptors (Lipinski definition) is 3. The number of piperazine rings is 1. The van der Waals surface area contributed by atoms with Crippen LogP contribution < -0.4 is 5.32 Å². The summed E-state index contributed by atoms with van der Waals surface area (Å²) in [7, 11) is 0. The van der Waals surface area contributed by atoms with Crippen molar-refractivity contribution in [1.29, 1.82) is 0 Å². The fraction of sp³-hybridized carbons (Fsp3) is 0.438. The Morgan fingerprint density at radius 1 is 1.16 bits per heavy atom. The maximum absolute atomic E-state index is 4.86. The molecule has 0 saturated carbocycles. The molecule has 0 amide bonds. The van der Waals surface area contributed by atoms with Gasteiger partial charge in [0, 0.05) is 31.6 Å². The molecule has 1 aliphatic heterocycles. The van der Waals surface area contributed by atoms with Gasteiger partial charge in [0.15, 0.2) is 0 Å². The van der Waals surface area contributed by atoms with E-state index < -0.39 is 0 Å². The van der Waals surface area contributed by atoms with Gasteiger partial charge in [-0.25, -0.2) is 0 Å². The van der Waals surface area contributed by atoms with Crippen molar-refractivity contribution in [2.45, 2.75) is 19.4 Å². The molecule has 19 heavy (non-hydrogen) atoms. The normalized spacial score (nSPS) is 18.6. The fourth-order valence-corrected chi connectivity index (χ4v) is 2.92. The third kappa shape index (κ3) is 2.62. The van der Waals surface area contributed by atoms with Crippen LogP contribution in [-0.2, 0) is 0 Å². The van der Waals surface area contributed by atoms with Gasteiger partial charge in [0.2, 0.25) is 0 Å². The molecule has 0 aliphatic carbocycles. The summed E-state index contributed by atoms with van der Waals surface area (Å²) >= 11 is 0. The molecule has 1 atom stereocenters. The molecule has 0 radical (unpaired) electrons. The van der Waals surface area contributed by atoms with Crippen LogP contribution in [0.3, 0.4) is 0 Å². The first-order chi connectivity index (χ1) is 9.38. The Labute approximate surface area is 114 Å². The number of rotatable bonds is 3. The van der Waals surface area contributed by atoms with Gasteiger partial charge in [0.1, 0.15) is 0 Å². The van der Waals surface area contributed by atoms with Crippen molar-refractivity contribution in [3.63, 3.8) is 0 Å². The lowest BCUT2D eigenvalue weighted by atomic mass is 10.1. The highest BCUT2D eigenvalue weighted by atomic mass is 15.2. The van der Waals surface area contributed by atoms with Gasteiger partial charge in [-0.05, 0) is 18.6 Å². The van der Waals surface area contributed by atoms with E-state index in [4.69, 9.17) is 4.98 Å². The Hall–Kier alpha value is -1.45. The summed E-state index contributed by atoms with van der Waals surface area (Å²) in [5, 5.41) is 4.64. The first-order valence-corrected chi connectivity index (χ1v) is 7.19. The minimum absolute atomic E-state index is 0.451. The second-order valence-corrected chi connectivity index (χ2v) is 5.14. The Bertz CT molecular complexity index is 546. The molecule has 100 valence electrons. The zero-order valence-corrected chi connectivity index (χ0v) is 11.5. The Kier molecular flexibility index (Phi) is 3.76. The van der Waals surface area contributed by atoms with E-state index in [0.717, 1.165) is 38.1 Å². The Balaban J connectivity index is 1.91. The second kappa shape index (κ2) is 5.68. The van der Waals surface area contributed by atoms with Crippen LogP contribution in [-0.4, -0.2) is 36.1 Å². The predicted octanol–water partition coefficient (Wildman–Crippen LogP) is 2.59. The van der Waals surface area contributed by atoms with Gasteiger partial charge in [0.25, 0.3) is 0 Å². The zero-order chi connectivity index (χ0) is 13.1. The van der Waals surface area contributed by atoms with Crippen molar-refractivity contribution < 1.29 is 0 Å². The van der Waals surface area contributed by atoms with Crippen LogP contribution in [0.25, 0.3) is 10.9 Å². The number of aromatic nitrogens is 1. The molecule has 1 unspecified atom stereocenters. The Morgan fingerprint density at radius 2 is 1.95 bits per heavy atom. The van der Waals surface area contributed by atoms with Crippen molar-refractivity contribution in [3.8, 4) is 0 Å². The van der Waals surface area contributed by atoms with Crippen molar-refractivity contribution in [3.05, 3.63) is 42.1 Å². The summed E-state index contributed by atoms with van der Waals surface area (Å²) < 4.78 is 0. The SMILES string of the molecule is CCC(c1ccc2ccccc2n1)N1CCNCC1. The lowest BCUT2D eigenvalue weighted by Gasteiger charge is -2.34. The molecular weight excluding hydrogens is 234 g/mol. The van der Waals surface area contributed by atoms with E-state index in [1.165, 1.54) is 11.1 Å². The maximum Gasteiger partial charge on any atom is 0.0706 e. The highest BCUT2D eigenvalue weighted by Crippen LogP contribution is 2.24. The minimum atomic E-state index is 0.451. The summed E-state index contributed by atoms with van der Waals surface area (Å²) in [4.78, 5) is 7.41. The van der Waals surface area contributed by atoms with Crippen molar-refractivity contribution in [2.24, 2.45) is 0 Å². The minimum Gasteiger partial charge on any atom is -0.314 e. The standard InChI is InChI=1S/C16H21N3/c1-2-16(19-11-9-17-10-12-19)15-8-7-13-5-3-4-6-14(13)18-15/h3-8,16-17H,2,9-12H2,1H3. The number of pyridine rings is 1. The molecule has 3 rings (SSSR count). The average Bonchev–Trinajstić information content (AvgIpc) is 2.49. The summed E-state index contributed by atoms with van der Waals surface area (Å²) in [6.45, 7) is 6.66. The zero-order valence-electron chi connectivity index (χ0n) is 11.5. The predicted molar refractivity (Wildman–Crippen MR) is 79.2 cm³/mol. The summed E-state index contributed by atoms with van der Waals surface area (Å²) in [5.41, 5.74) is 2.32. The van der Waals surface area contributed by atoms with Gasteiger partial charge in [-0.15, -0.1) is 0 Å². The van der Waals surface area contributed by atoms with Crippen molar-refractivity contribution in [1.82, 2.24) is 15.2 Å². The largest absolute Gasteiger partial charge is 0.314 e. The second-order valence-electron chi connectivity index (χ2n) is 5.14. The summed E-state index contributed by atoms with van der Waals surface area (Å²) in [6, 6.07) is 13.2. The van der Waals surface area contributed by atoms with Crippen LogP contribution in [0.2, 0.25) is 0 Å². The molecule has 1 aromatic carbocycles. The van der Waals surface area contributed by atoms with E-state index in [9.17, 15) is 0 Å². The lowest BCUT2D eigenvalue weighted by molar-refractivity contribution is 0.166. The molecule has 1 N–H and O–H groups in total.